The summed E-state index contributed by atoms with van der Waals surface area (Å²) in [4.78, 5) is 23.3. The SMILES string of the molecule is COCC(C)N(Cc1ccc(C(F)(F)F)cn1)C(=O)c1ccc2nc(N)c3c(C)noc3c2c1. The van der Waals surface area contributed by atoms with Crippen molar-refractivity contribution >= 4 is 33.6 Å². The maximum Gasteiger partial charge on any atom is 0.417 e. The van der Waals surface area contributed by atoms with E-state index >= 15 is 0 Å². The fourth-order valence-electron chi connectivity index (χ4n) is 3.77. The number of benzene rings is 1. The summed E-state index contributed by atoms with van der Waals surface area (Å²) in [6.07, 6.45) is -3.73. The van der Waals surface area contributed by atoms with Crippen molar-refractivity contribution in [2.24, 2.45) is 0 Å². The highest BCUT2D eigenvalue weighted by Crippen LogP contribution is 2.31. The number of alkyl halides is 3. The topological polar surface area (TPSA) is 107 Å². The number of hydrogen-bond donors (Lipinski definition) is 1. The Balaban J connectivity index is 1.71. The van der Waals surface area contributed by atoms with Crippen LogP contribution in [0.4, 0.5) is 19.0 Å². The van der Waals surface area contributed by atoms with Gasteiger partial charge in [-0.2, -0.15) is 13.2 Å². The summed E-state index contributed by atoms with van der Waals surface area (Å²) in [5.41, 5.74) is 7.38. The molecule has 1 atom stereocenters. The van der Waals surface area contributed by atoms with Crippen LogP contribution in [0.5, 0.6) is 0 Å². The number of carbonyl (C=O) groups is 1. The van der Waals surface area contributed by atoms with Gasteiger partial charge in [-0.25, -0.2) is 4.98 Å². The van der Waals surface area contributed by atoms with Crippen LogP contribution in [0.1, 0.15) is 34.2 Å². The van der Waals surface area contributed by atoms with Crippen LogP contribution in [0, 0.1) is 6.92 Å². The summed E-state index contributed by atoms with van der Waals surface area (Å²) in [6, 6.07) is 6.74. The number of aryl methyl sites for hydroxylation is 1. The maximum atomic E-state index is 13.5. The molecule has 34 heavy (non-hydrogen) atoms. The zero-order valence-corrected chi connectivity index (χ0v) is 18.7. The number of fused-ring (bicyclic) bond motifs is 3. The fraction of sp³-hybridized carbons (Fsp3) is 0.304. The van der Waals surface area contributed by atoms with Gasteiger partial charge in [0, 0.05) is 24.3 Å². The Morgan fingerprint density at radius 3 is 2.68 bits per heavy atom. The average Bonchev–Trinajstić information content (AvgIpc) is 3.19. The third-order valence-corrected chi connectivity index (χ3v) is 5.53. The van der Waals surface area contributed by atoms with Gasteiger partial charge >= 0.3 is 6.18 Å². The van der Waals surface area contributed by atoms with Gasteiger partial charge in [0.15, 0.2) is 5.58 Å². The van der Waals surface area contributed by atoms with Crippen molar-refractivity contribution < 1.29 is 27.2 Å². The lowest BCUT2D eigenvalue weighted by molar-refractivity contribution is -0.137. The lowest BCUT2D eigenvalue weighted by Gasteiger charge is -2.29. The molecule has 0 aliphatic carbocycles. The van der Waals surface area contributed by atoms with Gasteiger partial charge < -0.3 is 19.9 Å². The number of ether oxygens (including phenoxy) is 1. The molecule has 11 heteroatoms. The molecule has 0 aliphatic heterocycles. The molecule has 1 aromatic carbocycles. The second kappa shape index (κ2) is 8.90. The van der Waals surface area contributed by atoms with Gasteiger partial charge in [-0.1, -0.05) is 5.16 Å². The third kappa shape index (κ3) is 4.38. The Hall–Kier alpha value is -3.73. The molecule has 0 spiro atoms. The van der Waals surface area contributed by atoms with Crippen LogP contribution in [0.25, 0.3) is 21.9 Å². The van der Waals surface area contributed by atoms with Crippen molar-refractivity contribution in [3.8, 4) is 0 Å². The minimum absolute atomic E-state index is 0.00362. The second-order valence-corrected chi connectivity index (χ2v) is 7.97. The van der Waals surface area contributed by atoms with E-state index in [-0.39, 0.29) is 30.9 Å². The molecule has 0 aliphatic rings. The maximum absolute atomic E-state index is 13.5. The Labute approximate surface area is 192 Å². The van der Waals surface area contributed by atoms with Gasteiger partial charge in [0.05, 0.1) is 47.0 Å². The fourth-order valence-corrected chi connectivity index (χ4v) is 3.77. The summed E-state index contributed by atoms with van der Waals surface area (Å²) < 4.78 is 49.3. The number of methoxy groups -OCH3 is 1. The van der Waals surface area contributed by atoms with Crippen LogP contribution in [0.3, 0.4) is 0 Å². The Bertz CT molecular complexity index is 1350. The van der Waals surface area contributed by atoms with Crippen molar-refractivity contribution in [1.29, 1.82) is 0 Å². The number of nitrogens with two attached hydrogens (primary N) is 1. The quantitative estimate of drug-likeness (QED) is 0.443. The number of aromatic nitrogens is 3. The zero-order valence-electron chi connectivity index (χ0n) is 18.7. The molecule has 3 aromatic heterocycles. The first-order valence-corrected chi connectivity index (χ1v) is 10.4. The highest BCUT2D eigenvalue weighted by molar-refractivity contribution is 6.09. The summed E-state index contributed by atoms with van der Waals surface area (Å²) in [6.45, 7) is 3.75. The van der Waals surface area contributed by atoms with E-state index in [1.54, 1.807) is 32.0 Å². The highest BCUT2D eigenvalue weighted by atomic mass is 19.4. The smallest absolute Gasteiger partial charge is 0.383 e. The van der Waals surface area contributed by atoms with Gasteiger partial charge in [-0.3, -0.25) is 9.78 Å². The van der Waals surface area contributed by atoms with E-state index in [0.717, 1.165) is 12.3 Å². The number of rotatable bonds is 6. The molecule has 1 unspecified atom stereocenters. The molecular weight excluding hydrogens is 451 g/mol. The highest BCUT2D eigenvalue weighted by Gasteiger charge is 2.31. The number of pyridine rings is 2. The molecule has 2 N–H and O–H groups in total. The Kier molecular flexibility index (Phi) is 6.13. The molecule has 8 nitrogen and oxygen atoms in total. The lowest BCUT2D eigenvalue weighted by atomic mass is 10.1. The Morgan fingerprint density at radius 1 is 1.26 bits per heavy atom. The zero-order chi connectivity index (χ0) is 24.6. The molecule has 0 radical (unpaired) electrons. The molecule has 178 valence electrons. The molecular formula is C23H22F3N5O3. The predicted octanol–water partition coefficient (Wildman–Crippen LogP) is 4.36. The minimum Gasteiger partial charge on any atom is -0.383 e. The number of nitrogens with zero attached hydrogens (tertiary/aromatic N) is 4. The number of anilines is 1. The summed E-state index contributed by atoms with van der Waals surface area (Å²) >= 11 is 0. The van der Waals surface area contributed by atoms with Crippen LogP contribution < -0.4 is 5.73 Å². The minimum atomic E-state index is -4.49. The number of hydrogen-bond acceptors (Lipinski definition) is 7. The number of halogens is 3. The molecule has 1 amide bonds. The van der Waals surface area contributed by atoms with Gasteiger partial charge in [-0.15, -0.1) is 0 Å². The lowest BCUT2D eigenvalue weighted by Crippen LogP contribution is -2.40. The van der Waals surface area contributed by atoms with Crippen LogP contribution >= 0.6 is 0 Å². The number of nitrogen functional groups attached to an aromatic ring is 1. The molecule has 4 aromatic rings. The standard InChI is InChI=1S/C23H22F3N5O3/c1-12(11-33-3)31(10-16-6-5-15(9-28-16)23(24,25)26)22(32)14-4-7-18-17(8-14)20-19(21(27)29-18)13(2)30-34-20/h4-9,12H,10-11H2,1-3H3,(H2,27,29). The Morgan fingerprint density at radius 2 is 2.03 bits per heavy atom. The summed E-state index contributed by atoms with van der Waals surface area (Å²) in [7, 11) is 1.50. The van der Waals surface area contributed by atoms with E-state index in [4.69, 9.17) is 15.0 Å². The van der Waals surface area contributed by atoms with E-state index in [0.29, 0.717) is 38.8 Å². The first-order valence-electron chi connectivity index (χ1n) is 10.4. The second-order valence-electron chi connectivity index (χ2n) is 7.97. The van der Waals surface area contributed by atoms with Crippen LogP contribution in [0.2, 0.25) is 0 Å². The molecule has 0 saturated heterocycles. The van der Waals surface area contributed by atoms with Crippen molar-refractivity contribution in [1.82, 2.24) is 20.0 Å². The van der Waals surface area contributed by atoms with Crippen molar-refractivity contribution in [2.75, 3.05) is 19.5 Å². The molecule has 0 saturated carbocycles. The summed E-state index contributed by atoms with van der Waals surface area (Å²) in [5.74, 6) is -0.0709. The normalized spacial score (nSPS) is 12.9. The van der Waals surface area contributed by atoms with Crippen LogP contribution in [-0.2, 0) is 17.5 Å². The summed E-state index contributed by atoms with van der Waals surface area (Å²) in [5, 5.41) is 5.11. The average molecular weight is 473 g/mol. The van der Waals surface area contributed by atoms with Crippen molar-refractivity contribution in [3.63, 3.8) is 0 Å². The van der Waals surface area contributed by atoms with Crippen LogP contribution in [-0.4, -0.2) is 45.7 Å². The van der Waals surface area contributed by atoms with Gasteiger partial charge in [-0.05, 0) is 44.2 Å². The number of carbonyl (C=O) groups excluding carboxylic acids is 1. The first kappa shape index (κ1) is 23.4. The molecule has 4 rings (SSSR count). The van der Waals surface area contributed by atoms with E-state index in [2.05, 4.69) is 15.1 Å². The van der Waals surface area contributed by atoms with E-state index in [1.165, 1.54) is 18.1 Å². The van der Waals surface area contributed by atoms with Gasteiger partial charge in [0.2, 0.25) is 0 Å². The van der Waals surface area contributed by atoms with E-state index in [9.17, 15) is 18.0 Å². The molecule has 0 bridgehead atoms. The van der Waals surface area contributed by atoms with E-state index in [1.807, 2.05) is 0 Å². The van der Waals surface area contributed by atoms with Crippen molar-refractivity contribution in [3.05, 3.63) is 59.0 Å². The predicted molar refractivity (Wildman–Crippen MR) is 119 cm³/mol. The third-order valence-electron chi connectivity index (χ3n) is 5.53. The molecule has 3 heterocycles. The van der Waals surface area contributed by atoms with Gasteiger partial charge in [0.1, 0.15) is 5.82 Å². The van der Waals surface area contributed by atoms with Crippen molar-refractivity contribution in [2.45, 2.75) is 32.6 Å². The van der Waals surface area contributed by atoms with Crippen LogP contribution in [0.15, 0.2) is 41.1 Å². The van der Waals surface area contributed by atoms with Gasteiger partial charge in [0.25, 0.3) is 5.91 Å². The largest absolute Gasteiger partial charge is 0.417 e. The number of amides is 1. The first-order chi connectivity index (χ1) is 16.1. The van der Waals surface area contributed by atoms with E-state index < -0.39 is 11.7 Å². The molecule has 0 fully saturated rings. The monoisotopic (exact) mass is 473 g/mol.